The first-order valence-electron chi connectivity index (χ1n) is 9.75. The van der Waals surface area contributed by atoms with E-state index in [9.17, 15) is 0 Å². The van der Waals surface area contributed by atoms with Crippen LogP contribution >= 0.6 is 0 Å². The van der Waals surface area contributed by atoms with Crippen molar-refractivity contribution in [3.8, 4) is 17.2 Å². The summed E-state index contributed by atoms with van der Waals surface area (Å²) in [5, 5.41) is 3.49. The fourth-order valence-electron chi connectivity index (χ4n) is 4.14. The van der Waals surface area contributed by atoms with E-state index in [2.05, 4.69) is 15.1 Å². The van der Waals surface area contributed by atoms with E-state index in [-0.39, 0.29) is 0 Å². The molecule has 146 valence electrons. The lowest BCUT2D eigenvalue weighted by Gasteiger charge is -2.44. The van der Waals surface area contributed by atoms with Gasteiger partial charge in [-0.1, -0.05) is 6.42 Å². The molecule has 1 unspecified atom stereocenters. The van der Waals surface area contributed by atoms with Crippen LogP contribution in [0.1, 0.15) is 25.7 Å². The number of methoxy groups -OCH3 is 3. The summed E-state index contributed by atoms with van der Waals surface area (Å²) in [5.74, 6) is 2.00. The maximum Gasteiger partial charge on any atom is 0.203 e. The van der Waals surface area contributed by atoms with E-state index in [0.717, 1.165) is 31.2 Å². The molecular formula is C20H33N3O3. The number of nitrogens with zero attached hydrogens (tertiary/aromatic N) is 2. The van der Waals surface area contributed by atoms with Gasteiger partial charge < -0.3 is 24.4 Å². The minimum absolute atomic E-state index is 0.630. The Labute approximate surface area is 157 Å². The maximum absolute atomic E-state index is 5.41. The van der Waals surface area contributed by atoms with Gasteiger partial charge in [0.05, 0.1) is 21.3 Å². The number of piperidine rings is 1. The highest BCUT2D eigenvalue weighted by atomic mass is 16.5. The third kappa shape index (κ3) is 4.54. The summed E-state index contributed by atoms with van der Waals surface area (Å²) >= 11 is 0. The van der Waals surface area contributed by atoms with Crippen molar-refractivity contribution in [2.24, 2.45) is 0 Å². The number of anilines is 1. The van der Waals surface area contributed by atoms with Crippen molar-refractivity contribution in [3.63, 3.8) is 0 Å². The summed E-state index contributed by atoms with van der Waals surface area (Å²) in [6.45, 7) is 7.09. The second-order valence-corrected chi connectivity index (χ2v) is 7.18. The summed E-state index contributed by atoms with van der Waals surface area (Å²) in [6, 6.07) is 4.71. The average molecular weight is 364 g/mol. The van der Waals surface area contributed by atoms with Gasteiger partial charge in [0.25, 0.3) is 0 Å². The van der Waals surface area contributed by atoms with Crippen molar-refractivity contribution in [1.82, 2.24) is 9.80 Å². The first-order chi connectivity index (χ1) is 12.7. The molecule has 2 fully saturated rings. The van der Waals surface area contributed by atoms with Gasteiger partial charge >= 0.3 is 0 Å². The van der Waals surface area contributed by atoms with E-state index in [1.54, 1.807) is 21.3 Å². The van der Waals surface area contributed by atoms with Crippen molar-refractivity contribution < 1.29 is 14.2 Å². The van der Waals surface area contributed by atoms with Gasteiger partial charge in [0.15, 0.2) is 11.5 Å². The van der Waals surface area contributed by atoms with E-state index in [4.69, 9.17) is 14.2 Å². The zero-order valence-corrected chi connectivity index (χ0v) is 16.4. The van der Waals surface area contributed by atoms with Crippen LogP contribution in [0.25, 0.3) is 0 Å². The molecule has 0 amide bonds. The summed E-state index contributed by atoms with van der Waals surface area (Å²) in [5.41, 5.74) is 0.997. The Morgan fingerprint density at radius 1 is 1.00 bits per heavy atom. The van der Waals surface area contributed by atoms with Gasteiger partial charge in [0.2, 0.25) is 5.75 Å². The lowest BCUT2D eigenvalue weighted by molar-refractivity contribution is 0.0494. The minimum Gasteiger partial charge on any atom is -0.493 e. The highest BCUT2D eigenvalue weighted by Crippen LogP contribution is 2.39. The molecule has 1 N–H and O–H groups in total. The predicted molar refractivity (Wildman–Crippen MR) is 105 cm³/mol. The highest BCUT2D eigenvalue weighted by molar-refractivity contribution is 5.62. The molecule has 0 saturated carbocycles. The van der Waals surface area contributed by atoms with Crippen LogP contribution < -0.4 is 19.5 Å². The van der Waals surface area contributed by atoms with E-state index >= 15 is 0 Å². The van der Waals surface area contributed by atoms with Crippen molar-refractivity contribution >= 4 is 5.69 Å². The average Bonchev–Trinajstić information content (AvgIpc) is 2.70. The van der Waals surface area contributed by atoms with Crippen LogP contribution in [-0.2, 0) is 0 Å². The van der Waals surface area contributed by atoms with Crippen LogP contribution in [0.15, 0.2) is 12.1 Å². The Balaban J connectivity index is 1.46. The Morgan fingerprint density at radius 3 is 2.46 bits per heavy atom. The fraction of sp³-hybridized carbons (Fsp3) is 0.700. The Hall–Kier alpha value is -1.66. The molecule has 0 radical (unpaired) electrons. The van der Waals surface area contributed by atoms with Crippen LogP contribution in [0.4, 0.5) is 5.69 Å². The van der Waals surface area contributed by atoms with Crippen LogP contribution in [-0.4, -0.2) is 76.4 Å². The molecule has 6 nitrogen and oxygen atoms in total. The lowest BCUT2D eigenvalue weighted by atomic mass is 9.99. The van der Waals surface area contributed by atoms with Gasteiger partial charge in [-0.05, 0) is 32.4 Å². The molecule has 0 spiro atoms. The zero-order valence-electron chi connectivity index (χ0n) is 16.4. The fourth-order valence-corrected chi connectivity index (χ4v) is 4.14. The summed E-state index contributed by atoms with van der Waals surface area (Å²) in [4.78, 5) is 5.32. The number of hydrogen-bond acceptors (Lipinski definition) is 6. The molecule has 1 aromatic rings. The van der Waals surface area contributed by atoms with Crippen LogP contribution in [0, 0.1) is 0 Å². The van der Waals surface area contributed by atoms with Crippen LogP contribution in [0.2, 0.25) is 0 Å². The highest BCUT2D eigenvalue weighted by Gasteiger charge is 2.28. The van der Waals surface area contributed by atoms with Crippen molar-refractivity contribution in [2.75, 3.05) is 65.9 Å². The molecule has 2 aliphatic heterocycles. The van der Waals surface area contributed by atoms with Gasteiger partial charge in [-0.25, -0.2) is 0 Å². The van der Waals surface area contributed by atoms with E-state index in [1.807, 2.05) is 12.1 Å². The molecule has 26 heavy (non-hydrogen) atoms. The van der Waals surface area contributed by atoms with Crippen LogP contribution in [0.5, 0.6) is 17.2 Å². The smallest absolute Gasteiger partial charge is 0.203 e. The second-order valence-electron chi connectivity index (χ2n) is 7.18. The first kappa shape index (κ1) is 19.1. The van der Waals surface area contributed by atoms with Gasteiger partial charge in [0.1, 0.15) is 0 Å². The molecule has 1 aromatic carbocycles. The first-order valence-corrected chi connectivity index (χ1v) is 9.75. The normalized spacial score (nSPS) is 21.1. The predicted octanol–water partition coefficient (Wildman–Crippen LogP) is 2.68. The Morgan fingerprint density at radius 2 is 1.77 bits per heavy atom. The molecule has 2 heterocycles. The Kier molecular flexibility index (Phi) is 6.86. The molecular weight excluding hydrogens is 330 g/mol. The lowest BCUT2D eigenvalue weighted by Crippen LogP contribution is -2.54. The molecule has 0 aliphatic carbocycles. The number of rotatable bonds is 8. The summed E-state index contributed by atoms with van der Waals surface area (Å²) in [6.07, 6.45) is 5.29. The van der Waals surface area contributed by atoms with Gasteiger partial charge in [-0.15, -0.1) is 0 Å². The van der Waals surface area contributed by atoms with Crippen molar-refractivity contribution in [1.29, 1.82) is 0 Å². The molecule has 1 atom stereocenters. The van der Waals surface area contributed by atoms with E-state index in [1.165, 1.54) is 45.4 Å². The largest absolute Gasteiger partial charge is 0.493 e. The summed E-state index contributed by atoms with van der Waals surface area (Å²) in [7, 11) is 4.91. The van der Waals surface area contributed by atoms with Gasteiger partial charge in [-0.3, -0.25) is 4.90 Å². The third-order valence-electron chi connectivity index (χ3n) is 5.57. The van der Waals surface area contributed by atoms with Gasteiger partial charge in [-0.2, -0.15) is 0 Å². The van der Waals surface area contributed by atoms with Crippen molar-refractivity contribution in [3.05, 3.63) is 12.1 Å². The number of piperazine rings is 1. The SMILES string of the molecule is COc1cc(NCCCN2CCN3CCCCC3C2)cc(OC)c1OC. The number of nitrogens with one attached hydrogen (secondary N) is 1. The number of ether oxygens (including phenoxy) is 3. The number of hydrogen-bond donors (Lipinski definition) is 1. The van der Waals surface area contributed by atoms with Crippen LogP contribution in [0.3, 0.4) is 0 Å². The molecule has 0 bridgehead atoms. The third-order valence-corrected chi connectivity index (χ3v) is 5.57. The molecule has 2 saturated heterocycles. The van der Waals surface area contributed by atoms with Crippen molar-refractivity contribution in [2.45, 2.75) is 31.7 Å². The van der Waals surface area contributed by atoms with E-state index < -0.39 is 0 Å². The maximum atomic E-state index is 5.41. The summed E-state index contributed by atoms with van der Waals surface area (Å²) < 4.78 is 16.2. The topological polar surface area (TPSA) is 46.2 Å². The second kappa shape index (κ2) is 9.33. The zero-order chi connectivity index (χ0) is 18.4. The quantitative estimate of drug-likeness (QED) is 0.717. The minimum atomic E-state index is 0.630. The molecule has 0 aromatic heterocycles. The number of fused-ring (bicyclic) bond motifs is 1. The molecule has 2 aliphatic rings. The van der Waals surface area contributed by atoms with Gasteiger partial charge in [0, 0.05) is 50.0 Å². The Bertz CT molecular complexity index is 556. The number of benzene rings is 1. The standard InChI is InChI=1S/C20H33N3O3/c1-24-18-13-16(14-19(25-2)20(18)26-3)21-8-6-9-22-11-12-23-10-5-4-7-17(23)15-22/h13-14,17,21H,4-12,15H2,1-3H3. The molecule has 3 rings (SSSR count). The monoisotopic (exact) mass is 363 g/mol. The molecule has 6 heteroatoms. The van der Waals surface area contributed by atoms with E-state index in [0.29, 0.717) is 17.2 Å².